The van der Waals surface area contributed by atoms with Crippen LogP contribution in [0.25, 0.3) is 0 Å². The second kappa shape index (κ2) is 7.06. The summed E-state index contributed by atoms with van der Waals surface area (Å²) in [6.07, 6.45) is 3.36. The summed E-state index contributed by atoms with van der Waals surface area (Å²) in [5, 5.41) is 2.59. The highest BCUT2D eigenvalue weighted by Crippen LogP contribution is 2.45. The molecule has 1 amide bonds. The molecular weight excluding hydrogens is 298 g/mol. The number of thiazole rings is 1. The number of hydrogen-bond donors (Lipinski definition) is 1. The van der Waals surface area contributed by atoms with Crippen molar-refractivity contribution in [2.45, 2.75) is 58.7 Å². The fourth-order valence-electron chi connectivity index (χ4n) is 3.00. The molecule has 0 radical (unpaired) electrons. The summed E-state index contributed by atoms with van der Waals surface area (Å²) in [6.45, 7) is 7.70. The Bertz CT molecular complexity index is 515. The lowest BCUT2D eigenvalue weighted by Gasteiger charge is -2.54. The van der Waals surface area contributed by atoms with Gasteiger partial charge in [-0.25, -0.2) is 4.98 Å². The van der Waals surface area contributed by atoms with Crippen molar-refractivity contribution >= 4 is 17.2 Å². The molecule has 2 atom stereocenters. The van der Waals surface area contributed by atoms with E-state index < -0.39 is 0 Å². The van der Waals surface area contributed by atoms with Gasteiger partial charge in [0.05, 0.1) is 6.10 Å². The van der Waals surface area contributed by atoms with Crippen LogP contribution >= 0.6 is 11.3 Å². The molecule has 124 valence electrons. The summed E-state index contributed by atoms with van der Waals surface area (Å²) in [5.74, 6) is -0.0268. The molecule has 22 heavy (non-hydrogen) atoms. The van der Waals surface area contributed by atoms with Gasteiger partial charge in [0.1, 0.15) is 10.7 Å². The second-order valence-electron chi connectivity index (χ2n) is 6.53. The van der Waals surface area contributed by atoms with E-state index in [0.29, 0.717) is 12.2 Å². The molecule has 0 bridgehead atoms. The summed E-state index contributed by atoms with van der Waals surface area (Å²) in [6, 6.07) is 0.189. The molecule has 1 aliphatic carbocycles. The smallest absolute Gasteiger partial charge is 0.273 e. The van der Waals surface area contributed by atoms with Crippen LogP contribution in [0.3, 0.4) is 0 Å². The van der Waals surface area contributed by atoms with E-state index >= 15 is 0 Å². The molecule has 1 aliphatic rings. The number of amides is 1. The van der Waals surface area contributed by atoms with Gasteiger partial charge >= 0.3 is 0 Å². The molecule has 0 saturated heterocycles. The van der Waals surface area contributed by atoms with Gasteiger partial charge in [0.2, 0.25) is 0 Å². The van der Waals surface area contributed by atoms with Crippen LogP contribution in [0.1, 0.15) is 55.5 Å². The summed E-state index contributed by atoms with van der Waals surface area (Å²) in [4.78, 5) is 18.7. The maximum absolute atomic E-state index is 12.6. The van der Waals surface area contributed by atoms with Crippen molar-refractivity contribution in [2.24, 2.45) is 11.1 Å². The molecule has 1 aromatic heterocycles. The molecule has 1 heterocycles. The van der Waals surface area contributed by atoms with E-state index in [1.165, 1.54) is 11.3 Å². The number of nitrogens with two attached hydrogens (primary N) is 1. The van der Waals surface area contributed by atoms with Gasteiger partial charge in [-0.05, 0) is 12.8 Å². The zero-order chi connectivity index (χ0) is 16.3. The van der Waals surface area contributed by atoms with E-state index in [4.69, 9.17) is 10.5 Å². The minimum absolute atomic E-state index is 0.0229. The fraction of sp³-hybridized carbons (Fsp3) is 0.750. The number of rotatable bonds is 7. The number of ether oxygens (including phenoxy) is 1. The topological polar surface area (TPSA) is 68.5 Å². The predicted octanol–water partition coefficient (Wildman–Crippen LogP) is 2.66. The molecule has 0 aromatic carbocycles. The van der Waals surface area contributed by atoms with Crippen LogP contribution in [0.15, 0.2) is 5.38 Å². The van der Waals surface area contributed by atoms with Gasteiger partial charge in [0, 0.05) is 37.0 Å². The third-order valence-corrected chi connectivity index (χ3v) is 5.55. The number of aromatic nitrogens is 1. The molecule has 1 saturated carbocycles. The first kappa shape index (κ1) is 17.4. The monoisotopic (exact) mass is 325 g/mol. The highest BCUT2D eigenvalue weighted by molar-refractivity contribution is 7.09. The van der Waals surface area contributed by atoms with Crippen LogP contribution in [0.4, 0.5) is 0 Å². The van der Waals surface area contributed by atoms with E-state index in [0.717, 1.165) is 30.9 Å². The predicted molar refractivity (Wildman–Crippen MR) is 88.9 cm³/mol. The molecule has 2 rings (SSSR count). The minimum atomic E-state index is -0.0268. The van der Waals surface area contributed by atoms with Crippen LogP contribution in [-0.2, 0) is 11.3 Å². The van der Waals surface area contributed by atoms with Crippen molar-refractivity contribution in [1.82, 2.24) is 9.88 Å². The summed E-state index contributed by atoms with van der Waals surface area (Å²) >= 11 is 1.44. The lowest BCUT2D eigenvalue weighted by molar-refractivity contribution is -0.140. The third kappa shape index (κ3) is 3.34. The lowest BCUT2D eigenvalue weighted by atomic mass is 9.63. The largest absolute Gasteiger partial charge is 0.378 e. The van der Waals surface area contributed by atoms with Crippen LogP contribution in [0, 0.1) is 5.41 Å². The molecule has 0 spiro atoms. The highest BCUT2D eigenvalue weighted by Gasteiger charge is 2.52. The number of unbranched alkanes of at least 4 members (excludes halogenated alkanes) is 1. The minimum Gasteiger partial charge on any atom is -0.378 e. The summed E-state index contributed by atoms with van der Waals surface area (Å²) in [7, 11) is 1.86. The van der Waals surface area contributed by atoms with Crippen molar-refractivity contribution in [3.8, 4) is 0 Å². The van der Waals surface area contributed by atoms with Crippen molar-refractivity contribution in [3.05, 3.63) is 16.1 Å². The first-order valence-electron chi connectivity index (χ1n) is 7.95. The second-order valence-corrected chi connectivity index (χ2v) is 7.48. The quantitative estimate of drug-likeness (QED) is 0.783. The molecule has 2 unspecified atom stereocenters. The number of hydrogen-bond acceptors (Lipinski definition) is 5. The normalized spacial score (nSPS) is 23.1. The molecule has 6 heteroatoms. The Morgan fingerprint density at radius 3 is 2.86 bits per heavy atom. The van der Waals surface area contributed by atoms with Gasteiger partial charge in [-0.2, -0.15) is 0 Å². The Balaban J connectivity index is 1.95. The van der Waals surface area contributed by atoms with Crippen molar-refractivity contribution in [2.75, 3.05) is 13.7 Å². The van der Waals surface area contributed by atoms with E-state index in [1.807, 2.05) is 11.9 Å². The Hall–Kier alpha value is -0.980. The lowest BCUT2D eigenvalue weighted by Crippen LogP contribution is -2.62. The average Bonchev–Trinajstić information content (AvgIpc) is 2.97. The van der Waals surface area contributed by atoms with Gasteiger partial charge in [-0.15, -0.1) is 11.3 Å². The van der Waals surface area contributed by atoms with E-state index in [9.17, 15) is 4.79 Å². The van der Waals surface area contributed by atoms with Crippen LogP contribution in [-0.4, -0.2) is 41.6 Å². The molecule has 0 aliphatic heterocycles. The van der Waals surface area contributed by atoms with Gasteiger partial charge in [0.15, 0.2) is 0 Å². The Morgan fingerprint density at radius 2 is 2.32 bits per heavy atom. The Kier molecular flexibility index (Phi) is 5.58. The van der Waals surface area contributed by atoms with Crippen molar-refractivity contribution < 1.29 is 9.53 Å². The van der Waals surface area contributed by atoms with Crippen LogP contribution in [0.2, 0.25) is 0 Å². The molecule has 5 nitrogen and oxygen atoms in total. The maximum Gasteiger partial charge on any atom is 0.273 e. The van der Waals surface area contributed by atoms with Crippen LogP contribution in [0.5, 0.6) is 0 Å². The van der Waals surface area contributed by atoms with Crippen molar-refractivity contribution in [1.29, 1.82) is 0 Å². The molecule has 2 N–H and O–H groups in total. The molecule has 1 aromatic rings. The maximum atomic E-state index is 12.6. The van der Waals surface area contributed by atoms with E-state index in [-0.39, 0.29) is 23.5 Å². The zero-order valence-electron chi connectivity index (χ0n) is 14.0. The number of carbonyl (C=O) groups is 1. The van der Waals surface area contributed by atoms with Crippen LogP contribution < -0.4 is 5.73 Å². The zero-order valence-corrected chi connectivity index (χ0v) is 14.8. The summed E-state index contributed by atoms with van der Waals surface area (Å²) < 4.78 is 5.95. The summed E-state index contributed by atoms with van der Waals surface area (Å²) in [5.41, 5.74) is 6.04. The van der Waals surface area contributed by atoms with Gasteiger partial charge in [-0.3, -0.25) is 4.79 Å². The van der Waals surface area contributed by atoms with E-state index in [2.05, 4.69) is 25.8 Å². The van der Waals surface area contributed by atoms with E-state index in [1.54, 1.807) is 5.38 Å². The standard InChI is InChI=1S/C16H27N3O2S/c1-5-6-7-21-13-8-12(16(13,2)3)19(4)15(20)11-10-22-14(9-17)18-11/h10,12-13H,5-9,17H2,1-4H3. The fourth-order valence-corrected chi connectivity index (χ4v) is 3.65. The Labute approximate surface area is 136 Å². The number of carbonyl (C=O) groups excluding carboxylic acids is 1. The number of nitrogens with zero attached hydrogens (tertiary/aromatic N) is 2. The third-order valence-electron chi connectivity index (χ3n) is 4.68. The van der Waals surface area contributed by atoms with Gasteiger partial charge in [0.25, 0.3) is 5.91 Å². The van der Waals surface area contributed by atoms with Crippen molar-refractivity contribution in [3.63, 3.8) is 0 Å². The molecular formula is C16H27N3O2S. The first-order chi connectivity index (χ1) is 10.4. The van der Waals surface area contributed by atoms with Gasteiger partial charge in [-0.1, -0.05) is 27.2 Å². The van der Waals surface area contributed by atoms with Gasteiger partial charge < -0.3 is 15.4 Å². The average molecular weight is 325 g/mol. The SMILES string of the molecule is CCCCOC1CC(N(C)C(=O)c2csc(CN)n2)C1(C)C. The Morgan fingerprint density at radius 1 is 1.59 bits per heavy atom. The highest BCUT2D eigenvalue weighted by atomic mass is 32.1. The first-order valence-corrected chi connectivity index (χ1v) is 8.83. The molecule has 1 fully saturated rings.